The molecule has 0 spiro atoms. The predicted octanol–water partition coefficient (Wildman–Crippen LogP) is 4.07. The van der Waals surface area contributed by atoms with Gasteiger partial charge in [0.05, 0.1) is 19.8 Å². The van der Waals surface area contributed by atoms with Crippen LogP contribution in [-0.4, -0.2) is 20.0 Å². The summed E-state index contributed by atoms with van der Waals surface area (Å²) in [6.45, 7) is 0. The summed E-state index contributed by atoms with van der Waals surface area (Å²) in [5, 5.41) is 1.84. The molecule has 0 aliphatic heterocycles. The highest BCUT2D eigenvalue weighted by Gasteiger charge is 2.34. The van der Waals surface area contributed by atoms with Crippen LogP contribution >= 0.6 is 0 Å². The Hall–Kier alpha value is -2.81. The molecule has 3 nitrogen and oxygen atoms in total. The van der Waals surface area contributed by atoms with Gasteiger partial charge in [0.2, 0.25) is 0 Å². The first-order chi connectivity index (χ1) is 10.8. The molecule has 22 heavy (non-hydrogen) atoms. The number of carbonyl (C=O) groups is 1. The zero-order valence-corrected chi connectivity index (χ0v) is 12.3. The van der Waals surface area contributed by atoms with Gasteiger partial charge < -0.3 is 9.47 Å². The van der Waals surface area contributed by atoms with E-state index in [9.17, 15) is 4.79 Å². The summed E-state index contributed by atoms with van der Waals surface area (Å²) in [6, 6.07) is 15.4. The average molecular weight is 290 g/mol. The van der Waals surface area contributed by atoms with Crippen LogP contribution in [0.25, 0.3) is 21.9 Å². The first kappa shape index (κ1) is 12.9. The average Bonchev–Trinajstić information content (AvgIpc) is 2.86. The molecule has 0 N–H and O–H groups in total. The Morgan fingerprint density at radius 2 is 1.18 bits per heavy atom. The van der Waals surface area contributed by atoms with Crippen LogP contribution in [-0.2, 0) is 0 Å². The summed E-state index contributed by atoms with van der Waals surface area (Å²) in [5.74, 6) is 1.34. The monoisotopic (exact) mass is 290 g/mol. The van der Waals surface area contributed by atoms with Crippen molar-refractivity contribution in [2.24, 2.45) is 0 Å². The van der Waals surface area contributed by atoms with E-state index in [0.717, 1.165) is 27.6 Å². The van der Waals surface area contributed by atoms with Gasteiger partial charge in [-0.3, -0.25) is 4.79 Å². The van der Waals surface area contributed by atoms with Crippen molar-refractivity contribution in [2.75, 3.05) is 14.2 Å². The fourth-order valence-electron chi connectivity index (χ4n) is 3.31. The van der Waals surface area contributed by atoms with Gasteiger partial charge in [-0.1, -0.05) is 48.5 Å². The van der Waals surface area contributed by atoms with Crippen molar-refractivity contribution in [1.82, 2.24) is 0 Å². The van der Waals surface area contributed by atoms with E-state index in [0.29, 0.717) is 16.9 Å². The van der Waals surface area contributed by atoms with Gasteiger partial charge in [-0.2, -0.15) is 0 Å². The van der Waals surface area contributed by atoms with Crippen molar-refractivity contribution in [1.29, 1.82) is 0 Å². The summed E-state index contributed by atoms with van der Waals surface area (Å²) in [7, 11) is 3.24. The summed E-state index contributed by atoms with van der Waals surface area (Å²) in [6.07, 6.45) is 0. The molecular weight excluding hydrogens is 276 g/mol. The third kappa shape index (κ3) is 1.48. The van der Waals surface area contributed by atoms with Crippen molar-refractivity contribution >= 4 is 16.6 Å². The van der Waals surface area contributed by atoms with E-state index >= 15 is 0 Å². The Kier molecular flexibility index (Phi) is 2.70. The molecule has 4 rings (SSSR count). The van der Waals surface area contributed by atoms with Crippen LogP contribution in [0.5, 0.6) is 11.5 Å². The lowest BCUT2D eigenvalue weighted by Gasteiger charge is -2.15. The summed E-state index contributed by atoms with van der Waals surface area (Å²) in [4.78, 5) is 12.8. The molecule has 0 unspecified atom stereocenters. The Labute approximate surface area is 128 Å². The van der Waals surface area contributed by atoms with Crippen LogP contribution < -0.4 is 9.47 Å². The van der Waals surface area contributed by atoms with E-state index < -0.39 is 0 Å². The minimum Gasteiger partial charge on any atom is -0.495 e. The van der Waals surface area contributed by atoms with Crippen LogP contribution in [0.1, 0.15) is 15.9 Å². The number of rotatable bonds is 2. The van der Waals surface area contributed by atoms with Crippen molar-refractivity contribution in [3.63, 3.8) is 0 Å². The van der Waals surface area contributed by atoms with E-state index in [1.54, 1.807) is 14.2 Å². The Morgan fingerprint density at radius 1 is 0.682 bits per heavy atom. The van der Waals surface area contributed by atoms with Gasteiger partial charge in [0.25, 0.3) is 0 Å². The smallest absolute Gasteiger partial charge is 0.198 e. The lowest BCUT2D eigenvalue weighted by Crippen LogP contribution is -2.01. The van der Waals surface area contributed by atoms with Gasteiger partial charge in [-0.15, -0.1) is 0 Å². The molecule has 0 radical (unpaired) electrons. The maximum absolute atomic E-state index is 12.8. The summed E-state index contributed by atoms with van der Waals surface area (Å²) in [5.41, 5.74) is 3.03. The van der Waals surface area contributed by atoms with Crippen molar-refractivity contribution in [3.8, 4) is 22.6 Å². The largest absolute Gasteiger partial charge is 0.495 e. The topological polar surface area (TPSA) is 35.5 Å². The van der Waals surface area contributed by atoms with Gasteiger partial charge in [0, 0.05) is 21.9 Å². The number of fused-ring (bicyclic) bond motifs is 4. The standard InChI is InChI=1S/C19H14O3/c1-21-18-13-9-5-6-10-14(13)19(22-2)16-15(18)11-7-3-4-8-12(11)17(16)20/h3-10H,1-2H3. The highest BCUT2D eigenvalue weighted by molar-refractivity contribution is 6.27. The number of methoxy groups -OCH3 is 2. The number of benzene rings is 3. The number of hydrogen-bond acceptors (Lipinski definition) is 3. The van der Waals surface area contributed by atoms with Crippen molar-refractivity contribution in [2.45, 2.75) is 0 Å². The maximum Gasteiger partial charge on any atom is 0.198 e. The molecule has 0 saturated heterocycles. The van der Waals surface area contributed by atoms with Crippen molar-refractivity contribution < 1.29 is 14.3 Å². The van der Waals surface area contributed by atoms with Crippen LogP contribution in [0.3, 0.4) is 0 Å². The molecule has 0 bridgehead atoms. The Morgan fingerprint density at radius 3 is 1.77 bits per heavy atom. The zero-order valence-electron chi connectivity index (χ0n) is 12.3. The number of ketones is 1. The molecule has 0 aromatic heterocycles. The van der Waals surface area contributed by atoms with Crippen LogP contribution in [0, 0.1) is 0 Å². The molecule has 0 heterocycles. The minimum atomic E-state index is -0.00787. The quantitative estimate of drug-likeness (QED) is 0.558. The fourth-order valence-corrected chi connectivity index (χ4v) is 3.31. The highest BCUT2D eigenvalue weighted by atomic mass is 16.5. The first-order valence-electron chi connectivity index (χ1n) is 7.08. The maximum atomic E-state index is 12.8. The van der Waals surface area contributed by atoms with Crippen LogP contribution in [0.2, 0.25) is 0 Å². The van der Waals surface area contributed by atoms with E-state index in [1.807, 2.05) is 48.5 Å². The molecule has 0 atom stereocenters. The lowest BCUT2D eigenvalue weighted by molar-refractivity contribution is 0.104. The molecule has 108 valence electrons. The van der Waals surface area contributed by atoms with Crippen molar-refractivity contribution in [3.05, 3.63) is 59.7 Å². The molecule has 0 saturated carbocycles. The van der Waals surface area contributed by atoms with Gasteiger partial charge in [-0.05, 0) is 5.56 Å². The molecule has 1 aliphatic carbocycles. The molecule has 1 aliphatic rings. The van der Waals surface area contributed by atoms with Gasteiger partial charge in [0.1, 0.15) is 11.5 Å². The second kappa shape index (κ2) is 4.60. The molecule has 3 heteroatoms. The van der Waals surface area contributed by atoms with Crippen LogP contribution in [0.4, 0.5) is 0 Å². The van der Waals surface area contributed by atoms with Crippen LogP contribution in [0.15, 0.2) is 48.5 Å². The number of carbonyl (C=O) groups excluding carboxylic acids is 1. The van der Waals surface area contributed by atoms with E-state index in [1.165, 1.54) is 0 Å². The van der Waals surface area contributed by atoms with E-state index in [-0.39, 0.29) is 5.78 Å². The lowest BCUT2D eigenvalue weighted by atomic mass is 9.97. The molecule has 0 amide bonds. The number of hydrogen-bond donors (Lipinski definition) is 0. The fraction of sp³-hybridized carbons (Fsp3) is 0.105. The first-order valence-corrected chi connectivity index (χ1v) is 7.08. The van der Waals surface area contributed by atoms with Gasteiger partial charge in [0.15, 0.2) is 5.78 Å². The van der Waals surface area contributed by atoms with E-state index in [4.69, 9.17) is 9.47 Å². The zero-order chi connectivity index (χ0) is 15.3. The van der Waals surface area contributed by atoms with Gasteiger partial charge >= 0.3 is 0 Å². The summed E-state index contributed by atoms with van der Waals surface area (Å²) < 4.78 is 11.3. The molecule has 3 aromatic carbocycles. The minimum absolute atomic E-state index is 0.00787. The molecule has 0 fully saturated rings. The Balaban J connectivity index is 2.25. The summed E-state index contributed by atoms with van der Waals surface area (Å²) >= 11 is 0. The highest BCUT2D eigenvalue weighted by Crippen LogP contribution is 2.51. The predicted molar refractivity (Wildman–Crippen MR) is 85.9 cm³/mol. The van der Waals surface area contributed by atoms with E-state index in [2.05, 4.69) is 0 Å². The second-order valence-electron chi connectivity index (χ2n) is 5.24. The number of ether oxygens (including phenoxy) is 2. The van der Waals surface area contributed by atoms with Gasteiger partial charge in [-0.25, -0.2) is 0 Å². The SMILES string of the molecule is COc1c2c(c(OC)c3ccccc13)-c1ccccc1C2=O. The third-order valence-electron chi connectivity index (χ3n) is 4.20. The normalized spacial score (nSPS) is 12.2. The third-order valence-corrected chi connectivity index (χ3v) is 4.20. The second-order valence-corrected chi connectivity index (χ2v) is 5.24. The molecular formula is C19H14O3. The molecule has 3 aromatic rings. The Bertz CT molecular complexity index is 925.